The van der Waals surface area contributed by atoms with Crippen molar-refractivity contribution >= 4 is 48.9 Å². The zero-order valence-electron chi connectivity index (χ0n) is 16.7. The van der Waals surface area contributed by atoms with Gasteiger partial charge in [0.15, 0.2) is 5.54 Å². The molecule has 9 heteroatoms. The third-order valence-corrected chi connectivity index (χ3v) is 6.82. The smallest absolute Gasteiger partial charge is 0.331 e. The van der Waals surface area contributed by atoms with Crippen molar-refractivity contribution in [2.75, 3.05) is 20.6 Å². The third-order valence-electron chi connectivity index (χ3n) is 4.94. The summed E-state index contributed by atoms with van der Waals surface area (Å²) in [6.45, 7) is 1.27. The van der Waals surface area contributed by atoms with Crippen LogP contribution in [-0.2, 0) is 23.3 Å². The molecule has 0 spiro atoms. The van der Waals surface area contributed by atoms with Crippen molar-refractivity contribution in [3.05, 3.63) is 62.5 Å². The highest BCUT2D eigenvalue weighted by molar-refractivity contribution is 9.13. The Kier molecular flexibility index (Phi) is 6.96. The van der Waals surface area contributed by atoms with Crippen LogP contribution < -0.4 is 5.73 Å². The average molecular weight is 542 g/mol. The van der Waals surface area contributed by atoms with Crippen molar-refractivity contribution in [2.24, 2.45) is 5.73 Å². The number of aromatic nitrogens is 2. The van der Waals surface area contributed by atoms with E-state index in [1.807, 2.05) is 37.2 Å². The summed E-state index contributed by atoms with van der Waals surface area (Å²) in [6, 6.07) is 9.71. The average Bonchev–Trinajstić information content (AvgIpc) is 3.02. The van der Waals surface area contributed by atoms with E-state index in [0.29, 0.717) is 17.6 Å². The highest BCUT2D eigenvalue weighted by Gasteiger charge is 2.41. The van der Waals surface area contributed by atoms with E-state index >= 15 is 0 Å². The molecule has 0 aliphatic carbocycles. The van der Waals surface area contributed by atoms with Gasteiger partial charge in [0.1, 0.15) is 11.6 Å². The van der Waals surface area contributed by atoms with E-state index in [2.05, 4.69) is 36.8 Å². The first kappa shape index (κ1) is 22.9. The van der Waals surface area contributed by atoms with E-state index in [4.69, 9.17) is 5.73 Å². The van der Waals surface area contributed by atoms with Crippen LogP contribution in [0.5, 0.6) is 0 Å². The molecule has 30 heavy (non-hydrogen) atoms. The lowest BCUT2D eigenvalue weighted by molar-refractivity contribution is -0.144. The molecule has 6 nitrogen and oxygen atoms in total. The second-order valence-corrected chi connectivity index (χ2v) is 9.29. The number of carboxylic acid groups (broad SMARTS) is 1. The first-order valence-corrected chi connectivity index (χ1v) is 11.0. The van der Waals surface area contributed by atoms with Gasteiger partial charge in [-0.05, 0) is 94.8 Å². The first-order chi connectivity index (χ1) is 14.1. The van der Waals surface area contributed by atoms with Gasteiger partial charge < -0.3 is 20.3 Å². The van der Waals surface area contributed by atoms with Crippen LogP contribution in [0.2, 0.25) is 0 Å². The molecule has 160 valence electrons. The lowest BCUT2D eigenvalue weighted by Gasteiger charge is -2.26. The number of rotatable bonds is 8. The molecule has 3 rings (SSSR count). The standard InChI is InChI=1S/C21H23Br2FN4O2/c1-27(2)8-3-9-28-18-11-14(24)5-7-17(18)26-19(28)21(25,20(29)30)12-13-4-6-15(22)16(23)10-13/h4-7,10-11H,3,8-9,12,25H2,1-2H3,(H,29,30). The SMILES string of the molecule is CN(C)CCCn1c(C(N)(Cc2ccc(Br)c(Br)c2)C(=O)O)nc2ccc(F)cc21. The molecule has 1 atom stereocenters. The van der Waals surface area contributed by atoms with Gasteiger partial charge in [-0.1, -0.05) is 6.07 Å². The van der Waals surface area contributed by atoms with Crippen LogP contribution in [0.3, 0.4) is 0 Å². The summed E-state index contributed by atoms with van der Waals surface area (Å²) in [4.78, 5) is 18.9. The van der Waals surface area contributed by atoms with E-state index in [0.717, 1.165) is 27.5 Å². The lowest BCUT2D eigenvalue weighted by atomic mass is 9.90. The summed E-state index contributed by atoms with van der Waals surface area (Å²) in [6.07, 6.45) is 0.773. The van der Waals surface area contributed by atoms with Gasteiger partial charge in [-0.15, -0.1) is 0 Å². The Morgan fingerprint density at radius 2 is 1.97 bits per heavy atom. The summed E-state index contributed by atoms with van der Waals surface area (Å²) >= 11 is 6.86. The van der Waals surface area contributed by atoms with Gasteiger partial charge in [-0.3, -0.25) is 0 Å². The maximum Gasteiger partial charge on any atom is 0.331 e. The minimum Gasteiger partial charge on any atom is -0.480 e. The van der Waals surface area contributed by atoms with Crippen LogP contribution in [0.1, 0.15) is 17.8 Å². The van der Waals surface area contributed by atoms with Crippen molar-refractivity contribution in [3.8, 4) is 0 Å². The monoisotopic (exact) mass is 540 g/mol. The molecule has 1 unspecified atom stereocenters. The number of imidazole rings is 1. The number of aliphatic carboxylic acids is 1. The van der Waals surface area contributed by atoms with E-state index in [1.165, 1.54) is 12.1 Å². The summed E-state index contributed by atoms with van der Waals surface area (Å²) in [5.41, 5.74) is 6.53. The Balaban J connectivity index is 2.11. The van der Waals surface area contributed by atoms with Crippen LogP contribution in [-0.4, -0.2) is 46.2 Å². The number of aryl methyl sites for hydroxylation is 1. The highest BCUT2D eigenvalue weighted by atomic mass is 79.9. The van der Waals surface area contributed by atoms with E-state index in [1.54, 1.807) is 10.6 Å². The highest BCUT2D eigenvalue weighted by Crippen LogP contribution is 2.31. The quantitative estimate of drug-likeness (QED) is 0.448. The molecule has 0 saturated heterocycles. The normalized spacial score (nSPS) is 13.7. The molecule has 2 aromatic carbocycles. The molecule has 1 aromatic heterocycles. The molecular weight excluding hydrogens is 519 g/mol. The van der Waals surface area contributed by atoms with Gasteiger partial charge in [0, 0.05) is 21.9 Å². The number of halogens is 3. The second-order valence-electron chi connectivity index (χ2n) is 7.58. The number of fused-ring (bicyclic) bond motifs is 1. The Morgan fingerprint density at radius 3 is 2.60 bits per heavy atom. The number of carboxylic acids is 1. The molecule has 0 aliphatic heterocycles. The van der Waals surface area contributed by atoms with Crippen LogP contribution in [0.15, 0.2) is 45.3 Å². The summed E-state index contributed by atoms with van der Waals surface area (Å²) < 4.78 is 17.4. The van der Waals surface area contributed by atoms with Gasteiger partial charge in [-0.25, -0.2) is 14.2 Å². The van der Waals surface area contributed by atoms with Crippen molar-refractivity contribution in [2.45, 2.75) is 24.9 Å². The number of hydrogen-bond acceptors (Lipinski definition) is 4. The number of benzene rings is 2. The van der Waals surface area contributed by atoms with Crippen molar-refractivity contribution in [1.82, 2.24) is 14.5 Å². The van der Waals surface area contributed by atoms with Gasteiger partial charge in [0.25, 0.3) is 0 Å². The largest absolute Gasteiger partial charge is 0.480 e. The minimum absolute atomic E-state index is 0.0354. The molecule has 3 N–H and O–H groups in total. The van der Waals surface area contributed by atoms with Gasteiger partial charge >= 0.3 is 5.97 Å². The fourth-order valence-corrected chi connectivity index (χ4v) is 4.10. The zero-order chi connectivity index (χ0) is 22.1. The maximum absolute atomic E-state index is 14.0. The number of nitrogens with zero attached hydrogens (tertiary/aromatic N) is 3. The van der Waals surface area contributed by atoms with E-state index in [-0.39, 0.29) is 12.2 Å². The van der Waals surface area contributed by atoms with Gasteiger partial charge in [-0.2, -0.15) is 0 Å². The molecule has 0 bridgehead atoms. The van der Waals surface area contributed by atoms with Crippen molar-refractivity contribution < 1.29 is 14.3 Å². The maximum atomic E-state index is 14.0. The van der Waals surface area contributed by atoms with Gasteiger partial charge in [0.2, 0.25) is 0 Å². The lowest BCUT2D eigenvalue weighted by Crippen LogP contribution is -2.49. The number of carbonyl (C=O) groups is 1. The van der Waals surface area contributed by atoms with Crippen LogP contribution >= 0.6 is 31.9 Å². The zero-order valence-corrected chi connectivity index (χ0v) is 19.9. The molecule has 0 aliphatic rings. The number of hydrogen-bond donors (Lipinski definition) is 2. The molecular formula is C21H23Br2FN4O2. The predicted octanol–water partition coefficient (Wildman–Crippen LogP) is 4.13. The summed E-state index contributed by atoms with van der Waals surface area (Å²) in [5, 5.41) is 10.1. The molecule has 3 aromatic rings. The predicted molar refractivity (Wildman–Crippen MR) is 122 cm³/mol. The molecule has 1 heterocycles. The van der Waals surface area contributed by atoms with Crippen LogP contribution in [0.4, 0.5) is 4.39 Å². The van der Waals surface area contributed by atoms with Gasteiger partial charge in [0.05, 0.1) is 11.0 Å². The van der Waals surface area contributed by atoms with Crippen molar-refractivity contribution in [3.63, 3.8) is 0 Å². The fraction of sp³-hybridized carbons (Fsp3) is 0.333. The summed E-state index contributed by atoms with van der Waals surface area (Å²) in [5.74, 6) is -1.38. The Bertz CT molecular complexity index is 1090. The van der Waals surface area contributed by atoms with Crippen LogP contribution in [0, 0.1) is 5.82 Å². The first-order valence-electron chi connectivity index (χ1n) is 9.39. The number of nitrogens with two attached hydrogens (primary N) is 1. The second kappa shape index (κ2) is 9.13. The molecule has 0 amide bonds. The molecule has 0 saturated carbocycles. The Labute approximate surface area is 191 Å². The Hall–Kier alpha value is -1.81. The fourth-order valence-electron chi connectivity index (χ4n) is 3.43. The third kappa shape index (κ3) is 4.74. The van der Waals surface area contributed by atoms with E-state index < -0.39 is 17.3 Å². The molecule has 0 radical (unpaired) electrons. The summed E-state index contributed by atoms with van der Waals surface area (Å²) in [7, 11) is 3.92. The minimum atomic E-state index is -1.78. The van der Waals surface area contributed by atoms with E-state index in [9.17, 15) is 14.3 Å². The molecule has 0 fully saturated rings. The Morgan fingerprint density at radius 1 is 1.23 bits per heavy atom. The topological polar surface area (TPSA) is 84.4 Å². The van der Waals surface area contributed by atoms with Crippen LogP contribution in [0.25, 0.3) is 11.0 Å². The van der Waals surface area contributed by atoms with Crippen molar-refractivity contribution in [1.29, 1.82) is 0 Å².